The molecule has 27 heteroatoms. The second kappa shape index (κ2) is 13.6. The number of rotatable bonds is 10. The van der Waals surface area contributed by atoms with E-state index in [1.54, 1.807) is 0 Å². The number of nitrogens with zero attached hydrogens (tertiary/aromatic N) is 5. The minimum atomic E-state index is -5.46. The standard InChI is InChI=1S/C25H17Cl2N7O14S4/c26-13-7-12(50(40,41)42)8-15(21(13)35)33-34-16-9-18(52(46,47)48)20-17(51(43,44)45)5-4-14(19(20)22(16)36)29-25-31-23(27)30-24(32-25)28-10-2-1-3-11(6-10)49(37,38)39/h1-9,35-36H,(H,37,38,39)(H,40,41,42)(H,43,44,45)(H,46,47,48)(H2,28,29,30,31,32). The minimum absolute atomic E-state index is 0.0335. The number of nitrogens with one attached hydrogen (secondary N) is 2. The highest BCUT2D eigenvalue weighted by atomic mass is 35.5. The Morgan fingerprint density at radius 1 is 0.577 bits per heavy atom. The van der Waals surface area contributed by atoms with Crippen molar-refractivity contribution in [3.8, 4) is 11.5 Å². The average Bonchev–Trinajstić information content (AvgIpc) is 3.00. The molecule has 0 saturated heterocycles. The van der Waals surface area contributed by atoms with Gasteiger partial charge in [-0.2, -0.15) is 48.6 Å². The van der Waals surface area contributed by atoms with Gasteiger partial charge in [-0.15, -0.1) is 10.2 Å². The molecule has 1 heterocycles. The van der Waals surface area contributed by atoms with Crippen molar-refractivity contribution in [1.82, 2.24) is 15.0 Å². The molecule has 0 amide bonds. The van der Waals surface area contributed by atoms with Crippen molar-refractivity contribution in [3.63, 3.8) is 0 Å². The van der Waals surface area contributed by atoms with Crippen LogP contribution in [0.25, 0.3) is 10.8 Å². The molecule has 5 rings (SSSR count). The van der Waals surface area contributed by atoms with E-state index in [4.69, 9.17) is 23.2 Å². The Morgan fingerprint density at radius 2 is 1.15 bits per heavy atom. The Morgan fingerprint density at radius 3 is 1.73 bits per heavy atom. The molecule has 1 aromatic heterocycles. The van der Waals surface area contributed by atoms with Gasteiger partial charge in [0.1, 0.15) is 21.2 Å². The summed E-state index contributed by atoms with van der Waals surface area (Å²) in [5, 5.41) is 31.0. The molecule has 0 aliphatic carbocycles. The third kappa shape index (κ3) is 8.28. The molecule has 4 aromatic carbocycles. The molecule has 274 valence electrons. The summed E-state index contributed by atoms with van der Waals surface area (Å²) in [6.07, 6.45) is 0. The van der Waals surface area contributed by atoms with Crippen LogP contribution >= 0.6 is 23.2 Å². The number of phenolic OH excluding ortho intramolecular Hbond substituents is 2. The van der Waals surface area contributed by atoms with Gasteiger partial charge in [0.2, 0.25) is 17.2 Å². The Balaban J connectivity index is 1.72. The van der Waals surface area contributed by atoms with E-state index < -0.39 is 116 Å². The zero-order valence-corrected chi connectivity index (χ0v) is 29.5. The van der Waals surface area contributed by atoms with E-state index in [-0.39, 0.29) is 11.6 Å². The summed E-state index contributed by atoms with van der Waals surface area (Å²) >= 11 is 11.8. The van der Waals surface area contributed by atoms with Crippen LogP contribution in [0.1, 0.15) is 0 Å². The lowest BCUT2D eigenvalue weighted by atomic mass is 10.1. The second-order valence-electron chi connectivity index (χ2n) is 10.0. The van der Waals surface area contributed by atoms with Gasteiger partial charge in [0.25, 0.3) is 40.5 Å². The van der Waals surface area contributed by atoms with Crippen LogP contribution in [-0.2, 0) is 40.5 Å². The average molecular weight is 839 g/mol. The smallest absolute Gasteiger partial charge is 0.295 e. The SMILES string of the molecule is O=S(=O)(O)c1cccc(Nc2nc(Cl)nc(Nc3ccc(S(=O)(=O)O)c4c(S(=O)(=O)O)cc(N=Nc5cc(S(=O)(=O)O)cc(Cl)c5O)c(O)c34)n2)c1. The van der Waals surface area contributed by atoms with E-state index in [0.29, 0.717) is 24.3 Å². The molecule has 0 aliphatic heterocycles. The Kier molecular flexibility index (Phi) is 10.1. The van der Waals surface area contributed by atoms with Crippen molar-refractivity contribution in [2.45, 2.75) is 19.6 Å². The third-order valence-electron chi connectivity index (χ3n) is 6.54. The summed E-state index contributed by atoms with van der Waals surface area (Å²) in [7, 11) is -20.3. The number of anilines is 4. The van der Waals surface area contributed by atoms with Crippen LogP contribution in [0.5, 0.6) is 11.5 Å². The summed E-state index contributed by atoms with van der Waals surface area (Å²) in [5.74, 6) is -2.83. The summed E-state index contributed by atoms with van der Waals surface area (Å²) < 4.78 is 135. The lowest BCUT2D eigenvalue weighted by Gasteiger charge is -2.16. The van der Waals surface area contributed by atoms with Crippen LogP contribution in [0, 0.1) is 0 Å². The van der Waals surface area contributed by atoms with Gasteiger partial charge < -0.3 is 20.8 Å². The van der Waals surface area contributed by atoms with Crippen LogP contribution in [-0.4, -0.2) is 77.0 Å². The van der Waals surface area contributed by atoms with Gasteiger partial charge in [-0.1, -0.05) is 17.7 Å². The molecule has 21 nitrogen and oxygen atoms in total. The number of benzene rings is 4. The van der Waals surface area contributed by atoms with Crippen molar-refractivity contribution in [1.29, 1.82) is 0 Å². The number of hydrogen-bond donors (Lipinski definition) is 8. The number of halogens is 2. The lowest BCUT2D eigenvalue weighted by molar-refractivity contribution is 0.471. The molecule has 0 atom stereocenters. The van der Waals surface area contributed by atoms with Crippen LogP contribution in [0.3, 0.4) is 0 Å². The first-order valence-electron chi connectivity index (χ1n) is 13.2. The molecule has 5 aromatic rings. The lowest BCUT2D eigenvalue weighted by Crippen LogP contribution is -2.08. The minimum Gasteiger partial charge on any atom is -0.505 e. The Labute approximate surface area is 301 Å². The van der Waals surface area contributed by atoms with E-state index in [1.165, 1.54) is 12.1 Å². The molecule has 0 bridgehead atoms. The normalized spacial score (nSPS) is 12.7. The van der Waals surface area contributed by atoms with Crippen LogP contribution < -0.4 is 10.6 Å². The van der Waals surface area contributed by atoms with Gasteiger partial charge in [-0.3, -0.25) is 18.2 Å². The third-order valence-corrected chi connectivity index (χ3v) is 10.5. The maximum Gasteiger partial charge on any atom is 0.295 e. The number of phenols is 2. The second-order valence-corrected chi connectivity index (χ2v) is 16.4. The summed E-state index contributed by atoms with van der Waals surface area (Å²) in [5.41, 5.74) is -2.02. The fraction of sp³-hybridized carbons (Fsp3) is 0. The topological polar surface area (TPSA) is 345 Å². The quantitative estimate of drug-likeness (QED) is 0.0701. The molecule has 0 fully saturated rings. The van der Waals surface area contributed by atoms with Gasteiger partial charge in [-0.05, 0) is 60.1 Å². The van der Waals surface area contributed by atoms with Crippen molar-refractivity contribution >= 4 is 109 Å². The number of hydrogen-bond acceptors (Lipinski definition) is 17. The fourth-order valence-electron chi connectivity index (χ4n) is 4.40. The zero-order valence-electron chi connectivity index (χ0n) is 24.8. The Bertz CT molecular complexity index is 2810. The monoisotopic (exact) mass is 837 g/mol. The zero-order chi connectivity index (χ0) is 38.6. The molecule has 0 aliphatic rings. The maximum absolute atomic E-state index is 12.6. The van der Waals surface area contributed by atoms with Gasteiger partial charge in [0.05, 0.1) is 25.9 Å². The highest BCUT2D eigenvalue weighted by molar-refractivity contribution is 7.87. The van der Waals surface area contributed by atoms with Crippen LogP contribution in [0.4, 0.5) is 34.6 Å². The number of aromatic hydroxyl groups is 2. The predicted octanol–water partition coefficient (Wildman–Crippen LogP) is 4.63. The van der Waals surface area contributed by atoms with E-state index in [9.17, 15) is 62.1 Å². The number of azo groups is 1. The molecule has 0 spiro atoms. The maximum atomic E-state index is 12.6. The first-order chi connectivity index (χ1) is 23.9. The van der Waals surface area contributed by atoms with Gasteiger partial charge in [0, 0.05) is 11.1 Å². The van der Waals surface area contributed by atoms with Gasteiger partial charge >= 0.3 is 0 Å². The fourth-order valence-corrected chi connectivity index (χ4v) is 7.40. The first kappa shape index (κ1) is 38.4. The van der Waals surface area contributed by atoms with Crippen molar-refractivity contribution in [2.75, 3.05) is 10.6 Å². The van der Waals surface area contributed by atoms with Crippen LogP contribution in [0.2, 0.25) is 10.3 Å². The van der Waals surface area contributed by atoms with Crippen molar-refractivity contribution < 1.29 is 62.1 Å². The summed E-state index contributed by atoms with van der Waals surface area (Å²) in [4.78, 5) is 7.94. The first-order valence-corrected chi connectivity index (χ1v) is 19.7. The molecular formula is C25H17Cl2N7O14S4. The van der Waals surface area contributed by atoms with Gasteiger partial charge in [-0.25, -0.2) is 0 Å². The number of fused-ring (bicyclic) bond motifs is 1. The van der Waals surface area contributed by atoms with Gasteiger partial charge in [0.15, 0.2) is 11.5 Å². The van der Waals surface area contributed by atoms with Crippen molar-refractivity contribution in [2.24, 2.45) is 10.2 Å². The highest BCUT2D eigenvalue weighted by Crippen LogP contribution is 2.47. The summed E-state index contributed by atoms with van der Waals surface area (Å²) in [6.45, 7) is 0. The van der Waals surface area contributed by atoms with E-state index >= 15 is 0 Å². The molecule has 0 unspecified atom stereocenters. The molecule has 0 saturated carbocycles. The van der Waals surface area contributed by atoms with Crippen molar-refractivity contribution in [3.05, 3.63) is 64.9 Å². The largest absolute Gasteiger partial charge is 0.505 e. The molecular weight excluding hydrogens is 821 g/mol. The molecule has 8 N–H and O–H groups in total. The van der Waals surface area contributed by atoms with E-state index in [2.05, 4.69) is 35.8 Å². The van der Waals surface area contributed by atoms with E-state index in [1.807, 2.05) is 0 Å². The summed E-state index contributed by atoms with van der Waals surface area (Å²) in [6, 6.07) is 7.98. The highest BCUT2D eigenvalue weighted by Gasteiger charge is 2.29. The van der Waals surface area contributed by atoms with E-state index in [0.717, 1.165) is 18.2 Å². The van der Waals surface area contributed by atoms with Crippen LogP contribution in [0.15, 0.2) is 84.4 Å². The Hall–Kier alpha value is -4.83. The predicted molar refractivity (Wildman–Crippen MR) is 180 cm³/mol. The molecule has 52 heavy (non-hydrogen) atoms. The number of aromatic nitrogens is 3. The molecule has 0 radical (unpaired) electrons.